The molecule has 0 spiro atoms. The molecule has 0 saturated heterocycles. The lowest BCUT2D eigenvalue weighted by Gasteiger charge is -2.04. The Hall–Kier alpha value is -1.13. The van der Waals surface area contributed by atoms with Crippen molar-refractivity contribution in [3.8, 4) is 6.07 Å². The molecule has 1 unspecified atom stereocenters. The number of nitriles is 1. The molecule has 0 aliphatic carbocycles. The Morgan fingerprint density at radius 1 is 1.77 bits per heavy atom. The van der Waals surface area contributed by atoms with Gasteiger partial charge in [0.1, 0.15) is 0 Å². The van der Waals surface area contributed by atoms with E-state index in [1.807, 2.05) is 0 Å². The molecule has 0 bridgehead atoms. The molecule has 13 heavy (non-hydrogen) atoms. The zero-order chi connectivity index (χ0) is 9.90. The maximum absolute atomic E-state index is 11.3. The Labute approximate surface area is 80.1 Å². The summed E-state index contributed by atoms with van der Waals surface area (Å²) in [7, 11) is -3.60. The predicted molar refractivity (Wildman–Crippen MR) is 49.7 cm³/mol. The number of anilines is 1. The molecule has 0 amide bonds. The molecule has 70 valence electrons. The van der Waals surface area contributed by atoms with E-state index in [0.29, 0.717) is 0 Å². The van der Waals surface area contributed by atoms with Crippen molar-refractivity contribution in [2.75, 3.05) is 4.72 Å². The number of nitrogens with one attached hydrogen (secondary N) is 1. The molecule has 1 rings (SSSR count). The van der Waals surface area contributed by atoms with Gasteiger partial charge in [-0.25, -0.2) is 13.4 Å². The summed E-state index contributed by atoms with van der Waals surface area (Å²) in [5, 5.41) is 9.27. The van der Waals surface area contributed by atoms with E-state index in [9.17, 15) is 8.42 Å². The second kappa shape index (κ2) is 3.72. The van der Waals surface area contributed by atoms with Gasteiger partial charge in [-0.05, 0) is 6.92 Å². The van der Waals surface area contributed by atoms with Crippen molar-refractivity contribution in [2.24, 2.45) is 0 Å². The smallest absolute Gasteiger partial charge is 0.250 e. The van der Waals surface area contributed by atoms with E-state index in [2.05, 4.69) is 9.71 Å². The summed E-state index contributed by atoms with van der Waals surface area (Å²) in [5.74, 6) is 0. The lowest BCUT2D eigenvalue weighted by Crippen LogP contribution is -2.23. The standard InChI is InChI=1S/C6H7N3O2S2/c1-5(4-7)13(10,11)9-6-8-2-3-12-6/h2-3,5H,1H3,(H,8,9). The molecule has 1 N–H and O–H groups in total. The van der Waals surface area contributed by atoms with E-state index in [4.69, 9.17) is 5.26 Å². The van der Waals surface area contributed by atoms with Crippen LogP contribution < -0.4 is 4.72 Å². The molecular weight excluding hydrogens is 210 g/mol. The van der Waals surface area contributed by atoms with Gasteiger partial charge in [-0.15, -0.1) is 11.3 Å². The van der Waals surface area contributed by atoms with Crippen LogP contribution in [0.1, 0.15) is 6.92 Å². The van der Waals surface area contributed by atoms with Crippen LogP contribution in [0, 0.1) is 11.3 Å². The van der Waals surface area contributed by atoms with E-state index >= 15 is 0 Å². The van der Waals surface area contributed by atoms with Crippen LogP contribution in [0.4, 0.5) is 5.13 Å². The first-order chi connectivity index (χ1) is 6.06. The van der Waals surface area contributed by atoms with Crippen LogP contribution in [0.25, 0.3) is 0 Å². The molecule has 7 heteroatoms. The third-order valence-corrected chi connectivity index (χ3v) is 3.64. The first kappa shape index (κ1) is 9.95. The summed E-state index contributed by atoms with van der Waals surface area (Å²) < 4.78 is 24.7. The highest BCUT2D eigenvalue weighted by molar-refractivity contribution is 7.93. The van der Waals surface area contributed by atoms with Gasteiger partial charge in [0, 0.05) is 11.6 Å². The molecule has 0 saturated carbocycles. The second-order valence-corrected chi connectivity index (χ2v) is 5.15. The SMILES string of the molecule is CC(C#N)S(=O)(=O)Nc1nccs1. The van der Waals surface area contributed by atoms with Crippen molar-refractivity contribution in [2.45, 2.75) is 12.2 Å². The normalized spacial score (nSPS) is 13.2. The fraction of sp³-hybridized carbons (Fsp3) is 0.333. The highest BCUT2D eigenvalue weighted by atomic mass is 32.2. The summed E-state index contributed by atoms with van der Waals surface area (Å²) in [6, 6.07) is 1.64. The number of rotatable bonds is 3. The number of aromatic nitrogens is 1. The van der Waals surface area contributed by atoms with Crippen molar-refractivity contribution in [1.29, 1.82) is 5.26 Å². The van der Waals surface area contributed by atoms with Crippen LogP contribution in [0.5, 0.6) is 0 Å². The van der Waals surface area contributed by atoms with Crippen molar-refractivity contribution in [1.82, 2.24) is 4.98 Å². The Balaban J connectivity index is 2.81. The Morgan fingerprint density at radius 3 is 2.92 bits per heavy atom. The summed E-state index contributed by atoms with van der Waals surface area (Å²) >= 11 is 1.17. The fourth-order valence-electron chi connectivity index (χ4n) is 0.553. The monoisotopic (exact) mass is 217 g/mol. The summed E-state index contributed by atoms with van der Waals surface area (Å²) in [5.41, 5.74) is 0. The zero-order valence-electron chi connectivity index (χ0n) is 6.76. The molecule has 1 aromatic heterocycles. The van der Waals surface area contributed by atoms with Crippen LogP contribution >= 0.6 is 11.3 Å². The van der Waals surface area contributed by atoms with E-state index < -0.39 is 15.3 Å². The molecule has 0 radical (unpaired) electrons. The van der Waals surface area contributed by atoms with Crippen LogP contribution in [-0.2, 0) is 10.0 Å². The Bertz CT molecular complexity index is 404. The van der Waals surface area contributed by atoms with Gasteiger partial charge in [0.2, 0.25) is 0 Å². The van der Waals surface area contributed by atoms with Crippen molar-refractivity contribution in [3.05, 3.63) is 11.6 Å². The number of sulfonamides is 1. The summed E-state index contributed by atoms with van der Waals surface area (Å²) in [4.78, 5) is 3.74. The zero-order valence-corrected chi connectivity index (χ0v) is 8.39. The van der Waals surface area contributed by atoms with Crippen molar-refractivity contribution < 1.29 is 8.42 Å². The van der Waals surface area contributed by atoms with Gasteiger partial charge in [0.05, 0.1) is 6.07 Å². The van der Waals surface area contributed by atoms with E-state index in [1.165, 1.54) is 24.5 Å². The molecule has 1 aromatic rings. The van der Waals surface area contributed by atoms with Gasteiger partial charge in [0.25, 0.3) is 10.0 Å². The van der Waals surface area contributed by atoms with Crippen LogP contribution in [0.15, 0.2) is 11.6 Å². The van der Waals surface area contributed by atoms with Crippen LogP contribution in [-0.4, -0.2) is 18.7 Å². The number of hydrogen-bond acceptors (Lipinski definition) is 5. The Morgan fingerprint density at radius 2 is 2.46 bits per heavy atom. The van der Waals surface area contributed by atoms with Crippen molar-refractivity contribution >= 4 is 26.5 Å². The molecular formula is C6H7N3O2S2. The molecule has 0 aliphatic heterocycles. The maximum atomic E-state index is 11.3. The van der Waals surface area contributed by atoms with E-state index in [0.717, 1.165) is 0 Å². The molecule has 5 nitrogen and oxygen atoms in total. The van der Waals surface area contributed by atoms with Gasteiger partial charge in [-0.1, -0.05) is 0 Å². The third kappa shape index (κ3) is 2.40. The maximum Gasteiger partial charge on any atom is 0.250 e. The quantitative estimate of drug-likeness (QED) is 0.811. The minimum absolute atomic E-state index is 0.280. The first-order valence-electron chi connectivity index (χ1n) is 3.37. The lowest BCUT2D eigenvalue weighted by molar-refractivity contribution is 0.597. The minimum Gasteiger partial charge on any atom is -0.258 e. The second-order valence-electron chi connectivity index (χ2n) is 2.26. The summed E-state index contributed by atoms with van der Waals surface area (Å²) in [6.07, 6.45) is 1.49. The average Bonchev–Trinajstić information content (AvgIpc) is 2.54. The molecule has 0 aliphatic rings. The summed E-state index contributed by atoms with van der Waals surface area (Å²) in [6.45, 7) is 1.32. The van der Waals surface area contributed by atoms with Gasteiger partial charge in [0.15, 0.2) is 10.4 Å². The molecule has 0 aromatic carbocycles. The average molecular weight is 217 g/mol. The van der Waals surface area contributed by atoms with Crippen molar-refractivity contribution in [3.63, 3.8) is 0 Å². The Kier molecular flexibility index (Phi) is 2.85. The van der Waals surface area contributed by atoms with Crippen LogP contribution in [0.2, 0.25) is 0 Å². The highest BCUT2D eigenvalue weighted by Gasteiger charge is 2.20. The fourth-order valence-corrected chi connectivity index (χ4v) is 2.08. The van der Waals surface area contributed by atoms with Crippen LogP contribution in [0.3, 0.4) is 0 Å². The topological polar surface area (TPSA) is 82.8 Å². The predicted octanol–water partition coefficient (Wildman–Crippen LogP) is 0.797. The van der Waals surface area contributed by atoms with Gasteiger partial charge in [-0.3, -0.25) is 4.72 Å². The molecule has 1 atom stereocenters. The van der Waals surface area contributed by atoms with Gasteiger partial charge >= 0.3 is 0 Å². The number of nitrogens with zero attached hydrogens (tertiary/aromatic N) is 2. The van der Waals surface area contributed by atoms with E-state index in [1.54, 1.807) is 11.4 Å². The number of thiazole rings is 1. The highest BCUT2D eigenvalue weighted by Crippen LogP contribution is 2.14. The third-order valence-electron chi connectivity index (χ3n) is 1.31. The van der Waals surface area contributed by atoms with Gasteiger partial charge in [-0.2, -0.15) is 5.26 Å². The number of hydrogen-bond donors (Lipinski definition) is 1. The van der Waals surface area contributed by atoms with Gasteiger partial charge < -0.3 is 0 Å². The minimum atomic E-state index is -3.60. The molecule has 1 heterocycles. The lowest BCUT2D eigenvalue weighted by atomic mass is 10.5. The van der Waals surface area contributed by atoms with E-state index in [-0.39, 0.29) is 5.13 Å². The first-order valence-corrected chi connectivity index (χ1v) is 5.79. The molecule has 0 fully saturated rings. The largest absolute Gasteiger partial charge is 0.258 e.